The van der Waals surface area contributed by atoms with Gasteiger partial charge < -0.3 is 15.0 Å². The van der Waals surface area contributed by atoms with Crippen molar-refractivity contribution in [3.63, 3.8) is 0 Å². The van der Waals surface area contributed by atoms with E-state index in [0.717, 1.165) is 6.54 Å². The third-order valence-corrected chi connectivity index (χ3v) is 3.30. The van der Waals surface area contributed by atoms with Gasteiger partial charge in [-0.25, -0.2) is 4.79 Å². The smallest absolute Gasteiger partial charge is 0.410 e. The lowest BCUT2D eigenvalue weighted by atomic mass is 9.93. The van der Waals surface area contributed by atoms with Crippen LogP contribution in [-0.2, 0) is 4.74 Å². The second-order valence-corrected chi connectivity index (χ2v) is 7.38. The van der Waals surface area contributed by atoms with E-state index in [1.54, 1.807) is 0 Å². The molecule has 1 rings (SSSR count). The van der Waals surface area contributed by atoms with Gasteiger partial charge >= 0.3 is 6.09 Å². The number of hydrogen-bond acceptors (Lipinski definition) is 3. The Kier molecular flexibility index (Phi) is 5.25. The van der Waals surface area contributed by atoms with Gasteiger partial charge in [-0.15, -0.1) is 0 Å². The number of nitrogens with one attached hydrogen (secondary N) is 1. The molecule has 19 heavy (non-hydrogen) atoms. The molecule has 4 nitrogen and oxygen atoms in total. The topological polar surface area (TPSA) is 41.6 Å². The highest BCUT2D eigenvalue weighted by Gasteiger charge is 2.30. The van der Waals surface area contributed by atoms with Crippen molar-refractivity contribution in [2.24, 2.45) is 0 Å². The zero-order valence-corrected chi connectivity index (χ0v) is 13.4. The van der Waals surface area contributed by atoms with Crippen molar-refractivity contribution in [3.05, 3.63) is 0 Å². The molecular formula is C15H30N2O2. The van der Waals surface area contributed by atoms with Crippen molar-refractivity contribution in [1.82, 2.24) is 10.2 Å². The van der Waals surface area contributed by atoms with Crippen molar-refractivity contribution >= 4 is 6.09 Å². The average Bonchev–Trinajstić information content (AvgIpc) is 2.09. The highest BCUT2D eigenvalue weighted by atomic mass is 16.6. The van der Waals surface area contributed by atoms with Gasteiger partial charge in [0.15, 0.2) is 0 Å². The summed E-state index contributed by atoms with van der Waals surface area (Å²) in [5.74, 6) is 0. The van der Waals surface area contributed by atoms with Crippen LogP contribution in [0.5, 0.6) is 0 Å². The maximum absolute atomic E-state index is 12.2. The van der Waals surface area contributed by atoms with Crippen LogP contribution in [0.3, 0.4) is 0 Å². The van der Waals surface area contributed by atoms with E-state index in [-0.39, 0.29) is 11.6 Å². The van der Waals surface area contributed by atoms with Crippen molar-refractivity contribution in [2.45, 2.75) is 78.0 Å². The van der Waals surface area contributed by atoms with Crippen LogP contribution in [0.4, 0.5) is 4.79 Å². The van der Waals surface area contributed by atoms with E-state index in [0.29, 0.717) is 12.6 Å². The lowest BCUT2D eigenvalue weighted by Gasteiger charge is -2.37. The summed E-state index contributed by atoms with van der Waals surface area (Å²) in [5, 5.41) is 3.49. The van der Waals surface area contributed by atoms with E-state index in [4.69, 9.17) is 4.74 Å². The maximum atomic E-state index is 12.2. The van der Waals surface area contributed by atoms with Gasteiger partial charge in [-0.05, 0) is 54.4 Å². The lowest BCUT2D eigenvalue weighted by molar-refractivity contribution is 0.00629. The van der Waals surface area contributed by atoms with E-state index in [1.807, 2.05) is 46.4 Å². The van der Waals surface area contributed by atoms with Crippen molar-refractivity contribution in [1.29, 1.82) is 0 Å². The summed E-state index contributed by atoms with van der Waals surface area (Å²) < 4.78 is 5.48. The van der Waals surface area contributed by atoms with E-state index in [2.05, 4.69) is 5.32 Å². The van der Waals surface area contributed by atoms with E-state index in [1.165, 1.54) is 19.3 Å². The van der Waals surface area contributed by atoms with Gasteiger partial charge in [0, 0.05) is 24.7 Å². The minimum atomic E-state index is -0.442. The molecule has 1 aliphatic rings. The third-order valence-electron chi connectivity index (χ3n) is 3.30. The molecule has 0 aromatic heterocycles. The Bertz CT molecular complexity index is 298. The first kappa shape index (κ1) is 16.3. The molecule has 1 saturated carbocycles. The molecule has 0 atom stereocenters. The molecule has 0 unspecified atom stereocenters. The van der Waals surface area contributed by atoms with E-state index >= 15 is 0 Å². The van der Waals surface area contributed by atoms with Crippen LogP contribution in [0.15, 0.2) is 0 Å². The Morgan fingerprint density at radius 3 is 2.16 bits per heavy atom. The molecular weight excluding hydrogens is 240 g/mol. The third kappa shape index (κ3) is 5.81. The van der Waals surface area contributed by atoms with Gasteiger partial charge in [-0.2, -0.15) is 0 Å². The molecule has 0 aromatic rings. The summed E-state index contributed by atoms with van der Waals surface area (Å²) in [5.41, 5.74) is -0.661. The number of carbonyl (C=O) groups excluding carboxylic acids is 1. The highest BCUT2D eigenvalue weighted by Crippen LogP contribution is 2.19. The van der Waals surface area contributed by atoms with Gasteiger partial charge in [0.1, 0.15) is 5.60 Å². The number of rotatable bonds is 4. The molecule has 0 aliphatic heterocycles. The van der Waals surface area contributed by atoms with Crippen LogP contribution in [-0.4, -0.2) is 41.3 Å². The number of ether oxygens (including phenoxy) is 1. The molecule has 1 fully saturated rings. The predicted octanol–water partition coefficient (Wildman–Crippen LogP) is 3.16. The van der Waals surface area contributed by atoms with E-state index in [9.17, 15) is 4.79 Å². The molecule has 0 aromatic carbocycles. The molecule has 4 heteroatoms. The summed E-state index contributed by atoms with van der Waals surface area (Å²) in [6.45, 7) is 13.4. The Hall–Kier alpha value is -0.770. The largest absolute Gasteiger partial charge is 0.444 e. The van der Waals surface area contributed by atoms with Gasteiger partial charge in [0.2, 0.25) is 0 Å². The van der Waals surface area contributed by atoms with Gasteiger partial charge in [-0.1, -0.05) is 6.42 Å². The molecule has 0 bridgehead atoms. The van der Waals surface area contributed by atoms with Crippen LogP contribution in [0.2, 0.25) is 0 Å². The Labute approximate surface area is 117 Å². The fourth-order valence-electron chi connectivity index (χ4n) is 2.01. The standard InChI is InChI=1S/C15H30N2O2/c1-14(2,3)17(13(18)19-15(4,5)6)11-10-16-12-8-7-9-12/h12,16H,7-11H2,1-6H3. The molecule has 0 radical (unpaired) electrons. The van der Waals surface area contributed by atoms with Gasteiger partial charge in [0.25, 0.3) is 0 Å². The van der Waals surface area contributed by atoms with Gasteiger partial charge in [0.05, 0.1) is 0 Å². The van der Waals surface area contributed by atoms with Crippen LogP contribution < -0.4 is 5.32 Å². The zero-order chi connectivity index (χ0) is 14.7. The minimum Gasteiger partial charge on any atom is -0.444 e. The van der Waals surface area contributed by atoms with Crippen molar-refractivity contribution in [3.8, 4) is 0 Å². The molecule has 0 saturated heterocycles. The average molecular weight is 270 g/mol. The second kappa shape index (κ2) is 6.12. The number of nitrogens with zero attached hydrogens (tertiary/aromatic N) is 1. The number of carbonyl (C=O) groups is 1. The summed E-state index contributed by atoms with van der Waals surface area (Å²) in [7, 11) is 0. The molecule has 1 aliphatic carbocycles. The first-order valence-electron chi connectivity index (χ1n) is 7.33. The minimum absolute atomic E-state index is 0.219. The fraction of sp³-hybridized carbons (Fsp3) is 0.933. The van der Waals surface area contributed by atoms with Crippen LogP contribution >= 0.6 is 0 Å². The van der Waals surface area contributed by atoms with Crippen molar-refractivity contribution < 1.29 is 9.53 Å². The Morgan fingerprint density at radius 1 is 1.21 bits per heavy atom. The first-order chi connectivity index (χ1) is 8.59. The molecule has 0 heterocycles. The lowest BCUT2D eigenvalue weighted by Crippen LogP contribution is -2.51. The number of hydrogen-bond donors (Lipinski definition) is 1. The second-order valence-electron chi connectivity index (χ2n) is 7.38. The quantitative estimate of drug-likeness (QED) is 0.853. The molecule has 112 valence electrons. The predicted molar refractivity (Wildman–Crippen MR) is 78.3 cm³/mol. The van der Waals surface area contributed by atoms with Crippen LogP contribution in [0, 0.1) is 0 Å². The molecule has 0 spiro atoms. The van der Waals surface area contributed by atoms with E-state index < -0.39 is 5.60 Å². The van der Waals surface area contributed by atoms with Gasteiger partial charge in [-0.3, -0.25) is 0 Å². The zero-order valence-electron chi connectivity index (χ0n) is 13.4. The summed E-state index contributed by atoms with van der Waals surface area (Å²) in [6, 6.07) is 0.653. The highest BCUT2D eigenvalue weighted by molar-refractivity contribution is 5.69. The summed E-state index contributed by atoms with van der Waals surface area (Å²) >= 11 is 0. The SMILES string of the molecule is CC(C)(C)OC(=O)N(CCNC1CCC1)C(C)(C)C. The molecule has 1 amide bonds. The molecule has 1 N–H and O–H groups in total. The number of amides is 1. The summed E-state index contributed by atoms with van der Waals surface area (Å²) in [6.07, 6.45) is 3.63. The Morgan fingerprint density at radius 2 is 1.79 bits per heavy atom. The van der Waals surface area contributed by atoms with Crippen LogP contribution in [0.1, 0.15) is 60.8 Å². The normalized spacial score (nSPS) is 16.9. The first-order valence-corrected chi connectivity index (χ1v) is 7.33. The van der Waals surface area contributed by atoms with Crippen molar-refractivity contribution in [2.75, 3.05) is 13.1 Å². The summed E-state index contributed by atoms with van der Waals surface area (Å²) in [4.78, 5) is 14.1. The Balaban J connectivity index is 2.48. The fourth-order valence-corrected chi connectivity index (χ4v) is 2.01. The van der Waals surface area contributed by atoms with Crippen LogP contribution in [0.25, 0.3) is 0 Å². The maximum Gasteiger partial charge on any atom is 0.410 e. The monoisotopic (exact) mass is 270 g/mol.